The number of guanidine groups is 1. The predicted octanol–water partition coefficient (Wildman–Crippen LogP) is 3.33. The molecule has 0 heterocycles. The molecule has 1 aromatic carbocycles. The van der Waals surface area contributed by atoms with E-state index in [-0.39, 0.29) is 36.6 Å². The quantitative estimate of drug-likeness (QED) is 0.391. The molecule has 0 aliphatic heterocycles. The molecule has 138 valence electrons. The summed E-state index contributed by atoms with van der Waals surface area (Å²) in [6, 6.07) is 8.08. The summed E-state index contributed by atoms with van der Waals surface area (Å²) in [7, 11) is 3.08. The van der Waals surface area contributed by atoms with Crippen molar-refractivity contribution in [2.75, 3.05) is 33.7 Å². The first-order chi connectivity index (χ1) is 10.7. The van der Waals surface area contributed by atoms with Crippen molar-refractivity contribution in [2.45, 2.75) is 26.1 Å². The third kappa shape index (κ3) is 8.72. The summed E-state index contributed by atoms with van der Waals surface area (Å²) in [5.74, 6) is 0.571. The number of alkyl halides is 3. The fourth-order valence-electron chi connectivity index (χ4n) is 2.30. The van der Waals surface area contributed by atoms with Gasteiger partial charge in [-0.3, -0.25) is 9.89 Å². The zero-order chi connectivity index (χ0) is 17.5. The maximum atomic E-state index is 12.3. The van der Waals surface area contributed by atoms with Crippen molar-refractivity contribution in [1.82, 2.24) is 15.5 Å². The van der Waals surface area contributed by atoms with Gasteiger partial charge in [0.15, 0.2) is 5.96 Å². The highest BCUT2D eigenvalue weighted by atomic mass is 127. The van der Waals surface area contributed by atoms with Crippen LogP contribution in [0.3, 0.4) is 0 Å². The highest BCUT2D eigenvalue weighted by molar-refractivity contribution is 14.0. The van der Waals surface area contributed by atoms with Crippen LogP contribution in [-0.2, 0) is 0 Å². The number of rotatable bonds is 6. The second kappa shape index (κ2) is 10.8. The third-order valence-electron chi connectivity index (χ3n) is 3.47. The summed E-state index contributed by atoms with van der Waals surface area (Å²) in [5.41, 5.74) is 2.33. The van der Waals surface area contributed by atoms with Gasteiger partial charge in [0.05, 0.1) is 12.6 Å². The largest absolute Gasteiger partial charge is 0.401 e. The van der Waals surface area contributed by atoms with E-state index < -0.39 is 12.7 Å². The maximum Gasteiger partial charge on any atom is 0.401 e. The van der Waals surface area contributed by atoms with Crippen molar-refractivity contribution in [3.63, 3.8) is 0 Å². The summed E-state index contributed by atoms with van der Waals surface area (Å²) >= 11 is 0. The van der Waals surface area contributed by atoms with Gasteiger partial charge >= 0.3 is 6.18 Å². The molecule has 0 aliphatic rings. The van der Waals surface area contributed by atoms with Crippen molar-refractivity contribution < 1.29 is 13.2 Å². The van der Waals surface area contributed by atoms with Gasteiger partial charge in [-0.25, -0.2) is 0 Å². The Balaban J connectivity index is 0.00000529. The van der Waals surface area contributed by atoms with Gasteiger partial charge in [0.2, 0.25) is 0 Å². The van der Waals surface area contributed by atoms with E-state index in [1.807, 2.05) is 38.1 Å². The van der Waals surface area contributed by atoms with Crippen LogP contribution in [0.2, 0.25) is 0 Å². The first-order valence-electron chi connectivity index (χ1n) is 7.51. The molecule has 1 rings (SSSR count). The van der Waals surface area contributed by atoms with E-state index in [4.69, 9.17) is 0 Å². The number of nitrogens with one attached hydrogen (secondary N) is 2. The summed E-state index contributed by atoms with van der Waals surface area (Å²) in [5, 5.41) is 6.28. The average Bonchev–Trinajstić information content (AvgIpc) is 2.44. The maximum absolute atomic E-state index is 12.3. The molecule has 1 atom stereocenters. The minimum Gasteiger partial charge on any atom is -0.355 e. The van der Waals surface area contributed by atoms with Gasteiger partial charge in [0.1, 0.15) is 0 Å². The van der Waals surface area contributed by atoms with Crippen molar-refractivity contribution in [2.24, 2.45) is 4.99 Å². The lowest BCUT2D eigenvalue weighted by molar-refractivity contribution is -0.142. The van der Waals surface area contributed by atoms with Crippen LogP contribution in [0, 0.1) is 6.92 Å². The predicted molar refractivity (Wildman–Crippen MR) is 103 cm³/mol. The van der Waals surface area contributed by atoms with Gasteiger partial charge in [-0.2, -0.15) is 13.2 Å². The Hall–Kier alpha value is -1.03. The highest BCUT2D eigenvalue weighted by Gasteiger charge is 2.28. The number of aryl methyl sites for hydroxylation is 1. The van der Waals surface area contributed by atoms with Crippen molar-refractivity contribution >= 4 is 29.9 Å². The Morgan fingerprint density at radius 1 is 1.29 bits per heavy atom. The van der Waals surface area contributed by atoms with E-state index in [0.29, 0.717) is 12.5 Å². The van der Waals surface area contributed by atoms with Crippen LogP contribution >= 0.6 is 24.0 Å². The summed E-state index contributed by atoms with van der Waals surface area (Å²) in [6.45, 7) is 3.80. The average molecular weight is 458 g/mol. The standard InChI is InChI=1S/C16H25F3N4.HI/c1-12-7-5-6-8-14(12)13(2)22-15(20-3)21-9-10-23(4)11-16(17,18)19;/h5-8,13H,9-11H2,1-4H3,(H2,20,21,22);1H. The summed E-state index contributed by atoms with van der Waals surface area (Å²) < 4.78 is 36.8. The van der Waals surface area contributed by atoms with Crippen LogP contribution in [0.1, 0.15) is 24.1 Å². The van der Waals surface area contributed by atoms with Crippen LogP contribution in [-0.4, -0.2) is 50.8 Å². The number of aliphatic imine (C=N–C) groups is 1. The number of benzene rings is 1. The molecule has 1 unspecified atom stereocenters. The second-order valence-corrected chi connectivity index (χ2v) is 5.57. The SMILES string of the molecule is CN=C(NCCN(C)CC(F)(F)F)NC(C)c1ccccc1C.I. The number of halogens is 4. The third-order valence-corrected chi connectivity index (χ3v) is 3.47. The molecule has 0 saturated heterocycles. The highest BCUT2D eigenvalue weighted by Crippen LogP contribution is 2.16. The summed E-state index contributed by atoms with van der Waals surface area (Å²) in [6.07, 6.45) is -4.17. The number of hydrogen-bond acceptors (Lipinski definition) is 2. The molecule has 0 fully saturated rings. The van der Waals surface area contributed by atoms with Crippen LogP contribution in [0.5, 0.6) is 0 Å². The van der Waals surface area contributed by atoms with Crippen LogP contribution in [0.15, 0.2) is 29.3 Å². The second-order valence-electron chi connectivity index (χ2n) is 5.57. The molecule has 0 bridgehead atoms. The molecule has 0 saturated carbocycles. The molecular weight excluding hydrogens is 432 g/mol. The lowest BCUT2D eigenvalue weighted by Crippen LogP contribution is -2.43. The lowest BCUT2D eigenvalue weighted by Gasteiger charge is -2.22. The minimum atomic E-state index is -4.17. The number of nitrogens with zero attached hydrogens (tertiary/aromatic N) is 2. The lowest BCUT2D eigenvalue weighted by atomic mass is 10.0. The molecule has 4 nitrogen and oxygen atoms in total. The number of likely N-dealkylation sites (N-methyl/N-ethyl adjacent to an activating group) is 1. The van der Waals surface area contributed by atoms with E-state index in [9.17, 15) is 13.2 Å². The van der Waals surface area contributed by atoms with Gasteiger partial charge in [-0.05, 0) is 32.0 Å². The van der Waals surface area contributed by atoms with Gasteiger partial charge in [0, 0.05) is 20.1 Å². The fraction of sp³-hybridized carbons (Fsp3) is 0.562. The van der Waals surface area contributed by atoms with Gasteiger partial charge < -0.3 is 10.6 Å². The van der Waals surface area contributed by atoms with Gasteiger partial charge in [0.25, 0.3) is 0 Å². The first kappa shape index (κ1) is 23.0. The topological polar surface area (TPSA) is 39.7 Å². The first-order valence-corrected chi connectivity index (χ1v) is 7.51. The van der Waals surface area contributed by atoms with Crippen LogP contribution in [0.4, 0.5) is 13.2 Å². The normalized spacial score (nSPS) is 13.4. The van der Waals surface area contributed by atoms with Gasteiger partial charge in [-0.1, -0.05) is 24.3 Å². The van der Waals surface area contributed by atoms with Crippen molar-refractivity contribution in [3.8, 4) is 0 Å². The Bertz CT molecular complexity index is 520. The monoisotopic (exact) mass is 458 g/mol. The molecule has 0 aromatic heterocycles. The van der Waals surface area contributed by atoms with Gasteiger partial charge in [-0.15, -0.1) is 24.0 Å². The molecule has 8 heteroatoms. The van der Waals surface area contributed by atoms with Crippen molar-refractivity contribution in [3.05, 3.63) is 35.4 Å². The molecule has 0 amide bonds. The Labute approximate surface area is 158 Å². The van der Waals surface area contributed by atoms with Crippen LogP contribution < -0.4 is 10.6 Å². The molecule has 0 spiro atoms. The molecular formula is C16H26F3IN4. The molecule has 24 heavy (non-hydrogen) atoms. The number of hydrogen-bond donors (Lipinski definition) is 2. The Morgan fingerprint density at radius 2 is 1.92 bits per heavy atom. The smallest absolute Gasteiger partial charge is 0.355 e. The van der Waals surface area contributed by atoms with E-state index in [2.05, 4.69) is 15.6 Å². The summed E-state index contributed by atoms with van der Waals surface area (Å²) in [4.78, 5) is 5.34. The molecule has 0 radical (unpaired) electrons. The molecule has 0 aliphatic carbocycles. The van der Waals surface area contributed by atoms with E-state index >= 15 is 0 Å². The van der Waals surface area contributed by atoms with E-state index in [1.54, 1.807) is 7.05 Å². The molecule has 2 N–H and O–H groups in total. The Morgan fingerprint density at radius 3 is 2.46 bits per heavy atom. The Kier molecular flexibility index (Phi) is 10.3. The van der Waals surface area contributed by atoms with E-state index in [0.717, 1.165) is 5.56 Å². The minimum absolute atomic E-state index is 0. The van der Waals surface area contributed by atoms with Crippen molar-refractivity contribution in [1.29, 1.82) is 0 Å². The zero-order valence-corrected chi connectivity index (χ0v) is 16.8. The van der Waals surface area contributed by atoms with E-state index in [1.165, 1.54) is 17.5 Å². The zero-order valence-electron chi connectivity index (χ0n) is 14.4. The van der Waals surface area contributed by atoms with Crippen LogP contribution in [0.25, 0.3) is 0 Å². The molecule has 1 aromatic rings. The fourth-order valence-corrected chi connectivity index (χ4v) is 2.30.